The summed E-state index contributed by atoms with van der Waals surface area (Å²) in [7, 11) is 3.40. The molecule has 0 atom stereocenters. The van der Waals surface area contributed by atoms with E-state index in [1.54, 1.807) is 14.1 Å². The Morgan fingerprint density at radius 1 is 1.35 bits per heavy atom. The van der Waals surface area contributed by atoms with Crippen molar-refractivity contribution in [3.63, 3.8) is 0 Å². The Hall–Kier alpha value is -2.26. The van der Waals surface area contributed by atoms with Crippen LogP contribution >= 0.6 is 0 Å². The topological polar surface area (TPSA) is 77.4 Å². The lowest BCUT2D eigenvalue weighted by molar-refractivity contribution is 0.217. The molecule has 0 saturated carbocycles. The maximum Gasteiger partial charge on any atom is 0.316 e. The van der Waals surface area contributed by atoms with Crippen LogP contribution in [0.3, 0.4) is 0 Å². The second-order valence-corrected chi connectivity index (χ2v) is 4.36. The Morgan fingerprint density at radius 3 is 2.80 bits per heavy atom. The zero-order chi connectivity index (χ0) is 14.8. The minimum atomic E-state index is -0.107. The molecule has 2 amide bonds. The first-order valence-electron chi connectivity index (χ1n) is 6.38. The molecule has 0 aliphatic heterocycles. The molecule has 6 nitrogen and oxygen atoms in total. The number of carbonyl (C=O) groups is 1. The SMILES string of the molecule is CN(C)C(=O)NCCNCc1ccccc1OCC#N. The maximum atomic E-state index is 11.3. The van der Waals surface area contributed by atoms with E-state index >= 15 is 0 Å². The van der Waals surface area contributed by atoms with Crippen LogP contribution in [0.25, 0.3) is 0 Å². The normalized spacial score (nSPS) is 9.65. The molecule has 1 aromatic carbocycles. The summed E-state index contributed by atoms with van der Waals surface area (Å²) in [4.78, 5) is 12.8. The molecule has 0 saturated heterocycles. The molecule has 0 unspecified atom stereocenters. The summed E-state index contributed by atoms with van der Waals surface area (Å²) in [5.41, 5.74) is 0.988. The lowest BCUT2D eigenvalue weighted by Gasteiger charge is -2.13. The van der Waals surface area contributed by atoms with Gasteiger partial charge in [-0.15, -0.1) is 0 Å². The zero-order valence-corrected chi connectivity index (χ0v) is 11.8. The van der Waals surface area contributed by atoms with Crippen LogP contribution < -0.4 is 15.4 Å². The van der Waals surface area contributed by atoms with Gasteiger partial charge in [-0.2, -0.15) is 5.26 Å². The number of carbonyl (C=O) groups excluding carboxylic acids is 1. The van der Waals surface area contributed by atoms with E-state index in [9.17, 15) is 4.79 Å². The predicted octanol–water partition coefficient (Wildman–Crippen LogP) is 0.950. The molecular weight excluding hydrogens is 256 g/mol. The van der Waals surface area contributed by atoms with Crippen molar-refractivity contribution in [2.45, 2.75) is 6.54 Å². The molecule has 0 bridgehead atoms. The smallest absolute Gasteiger partial charge is 0.316 e. The summed E-state index contributed by atoms with van der Waals surface area (Å²) >= 11 is 0. The summed E-state index contributed by atoms with van der Waals surface area (Å²) < 4.78 is 5.34. The first-order chi connectivity index (χ1) is 9.65. The van der Waals surface area contributed by atoms with Crippen molar-refractivity contribution >= 4 is 6.03 Å². The average Bonchev–Trinajstić information content (AvgIpc) is 2.45. The van der Waals surface area contributed by atoms with Crippen LogP contribution in [0.1, 0.15) is 5.56 Å². The van der Waals surface area contributed by atoms with Crippen LogP contribution in [0, 0.1) is 11.3 Å². The van der Waals surface area contributed by atoms with E-state index < -0.39 is 0 Å². The van der Waals surface area contributed by atoms with Crippen LogP contribution in [0.2, 0.25) is 0 Å². The van der Waals surface area contributed by atoms with Gasteiger partial charge in [-0.3, -0.25) is 0 Å². The second-order valence-electron chi connectivity index (χ2n) is 4.36. The monoisotopic (exact) mass is 276 g/mol. The van der Waals surface area contributed by atoms with Gasteiger partial charge in [0.05, 0.1) is 0 Å². The fourth-order valence-electron chi connectivity index (χ4n) is 1.54. The van der Waals surface area contributed by atoms with Crippen molar-refractivity contribution in [1.82, 2.24) is 15.5 Å². The molecule has 0 spiro atoms. The van der Waals surface area contributed by atoms with E-state index in [1.165, 1.54) is 4.90 Å². The lowest BCUT2D eigenvalue weighted by Crippen LogP contribution is -2.38. The number of nitrogens with one attached hydrogen (secondary N) is 2. The lowest BCUT2D eigenvalue weighted by atomic mass is 10.2. The zero-order valence-electron chi connectivity index (χ0n) is 11.8. The number of ether oxygens (including phenoxy) is 1. The van der Waals surface area contributed by atoms with Crippen LogP contribution in [0.5, 0.6) is 5.75 Å². The van der Waals surface area contributed by atoms with Crippen LogP contribution in [-0.4, -0.2) is 44.7 Å². The molecule has 1 rings (SSSR count). The molecule has 0 heterocycles. The Labute approximate surface area is 119 Å². The van der Waals surface area contributed by atoms with Gasteiger partial charge in [0.15, 0.2) is 6.61 Å². The molecule has 6 heteroatoms. The minimum absolute atomic E-state index is 0.0376. The van der Waals surface area contributed by atoms with E-state index in [0.29, 0.717) is 25.4 Å². The highest BCUT2D eigenvalue weighted by Crippen LogP contribution is 2.17. The summed E-state index contributed by atoms with van der Waals surface area (Å²) in [6, 6.07) is 9.41. The molecule has 0 fully saturated rings. The van der Waals surface area contributed by atoms with Gasteiger partial charge in [-0.1, -0.05) is 18.2 Å². The second kappa shape index (κ2) is 8.77. The van der Waals surface area contributed by atoms with Gasteiger partial charge < -0.3 is 20.3 Å². The van der Waals surface area contributed by atoms with E-state index in [1.807, 2.05) is 30.3 Å². The Morgan fingerprint density at radius 2 is 2.10 bits per heavy atom. The quantitative estimate of drug-likeness (QED) is 0.727. The number of hydrogen-bond acceptors (Lipinski definition) is 4. The highest BCUT2D eigenvalue weighted by atomic mass is 16.5. The number of urea groups is 1. The summed E-state index contributed by atoms with van der Waals surface area (Å²) in [6.45, 7) is 1.87. The standard InChI is InChI=1S/C14H20N4O2/c1-18(2)14(19)17-9-8-16-11-12-5-3-4-6-13(12)20-10-7-15/h3-6,16H,8-11H2,1-2H3,(H,17,19). The molecule has 0 aliphatic carbocycles. The molecule has 1 aromatic rings. The number of nitrogens with zero attached hydrogens (tertiary/aromatic N) is 2. The van der Waals surface area contributed by atoms with Crippen molar-refractivity contribution in [3.05, 3.63) is 29.8 Å². The van der Waals surface area contributed by atoms with Gasteiger partial charge in [0.25, 0.3) is 0 Å². The van der Waals surface area contributed by atoms with Gasteiger partial charge in [-0.25, -0.2) is 4.79 Å². The highest BCUT2D eigenvalue weighted by molar-refractivity contribution is 5.73. The number of rotatable bonds is 7. The van der Waals surface area contributed by atoms with E-state index in [0.717, 1.165) is 5.56 Å². The molecule has 0 radical (unpaired) electrons. The Kier molecular flexibility index (Phi) is 6.93. The van der Waals surface area contributed by atoms with Crippen LogP contribution in [-0.2, 0) is 6.54 Å². The third-order valence-corrected chi connectivity index (χ3v) is 2.56. The third kappa shape index (κ3) is 5.59. The number of para-hydroxylation sites is 1. The maximum absolute atomic E-state index is 11.3. The number of amides is 2. The molecule has 108 valence electrons. The summed E-state index contributed by atoms with van der Waals surface area (Å²) in [6.07, 6.45) is 0. The molecule has 0 aromatic heterocycles. The molecule has 2 N–H and O–H groups in total. The predicted molar refractivity (Wildman–Crippen MR) is 76.3 cm³/mol. The first kappa shape index (κ1) is 15.8. The Balaban J connectivity index is 2.31. The fraction of sp³-hybridized carbons (Fsp3) is 0.429. The van der Waals surface area contributed by atoms with Crippen LogP contribution in [0.4, 0.5) is 4.79 Å². The van der Waals surface area contributed by atoms with Crippen LogP contribution in [0.15, 0.2) is 24.3 Å². The van der Waals surface area contributed by atoms with Gasteiger partial charge in [0.2, 0.25) is 0 Å². The summed E-state index contributed by atoms with van der Waals surface area (Å²) in [5, 5.41) is 14.5. The van der Waals surface area contributed by atoms with E-state index in [-0.39, 0.29) is 12.6 Å². The van der Waals surface area contributed by atoms with Gasteiger partial charge >= 0.3 is 6.03 Å². The van der Waals surface area contributed by atoms with E-state index in [2.05, 4.69) is 10.6 Å². The van der Waals surface area contributed by atoms with Gasteiger partial charge in [-0.05, 0) is 6.07 Å². The highest BCUT2D eigenvalue weighted by Gasteiger charge is 2.03. The number of hydrogen-bond donors (Lipinski definition) is 2. The van der Waals surface area contributed by atoms with E-state index in [4.69, 9.17) is 10.00 Å². The number of benzene rings is 1. The number of nitriles is 1. The average molecular weight is 276 g/mol. The Bertz CT molecular complexity index is 468. The van der Waals surface area contributed by atoms with Crippen molar-refractivity contribution in [2.24, 2.45) is 0 Å². The van der Waals surface area contributed by atoms with Gasteiger partial charge in [0, 0.05) is 39.3 Å². The fourth-order valence-corrected chi connectivity index (χ4v) is 1.54. The largest absolute Gasteiger partial charge is 0.478 e. The third-order valence-electron chi connectivity index (χ3n) is 2.56. The minimum Gasteiger partial charge on any atom is -0.478 e. The summed E-state index contributed by atoms with van der Waals surface area (Å²) in [5.74, 6) is 0.707. The van der Waals surface area contributed by atoms with Crippen molar-refractivity contribution < 1.29 is 9.53 Å². The molecule has 0 aliphatic rings. The van der Waals surface area contributed by atoms with Crippen molar-refractivity contribution in [2.75, 3.05) is 33.8 Å². The molecule has 20 heavy (non-hydrogen) atoms. The first-order valence-corrected chi connectivity index (χ1v) is 6.38. The van der Waals surface area contributed by atoms with Gasteiger partial charge in [0.1, 0.15) is 11.8 Å². The van der Waals surface area contributed by atoms with Crippen molar-refractivity contribution in [1.29, 1.82) is 5.26 Å². The molecular formula is C14H20N4O2. The van der Waals surface area contributed by atoms with Crippen molar-refractivity contribution in [3.8, 4) is 11.8 Å².